The van der Waals surface area contributed by atoms with E-state index in [0.29, 0.717) is 5.69 Å². The zero-order chi connectivity index (χ0) is 13.5. The summed E-state index contributed by atoms with van der Waals surface area (Å²) in [6.07, 6.45) is 8.17. The number of amides is 2. The number of hydrazine groups is 1. The van der Waals surface area contributed by atoms with Crippen LogP contribution < -0.4 is 10.9 Å². The normalized spacial score (nSPS) is 11.1. The molecule has 0 aliphatic carbocycles. The minimum absolute atomic E-state index is 0.379. The topological polar surface area (TPSA) is 63.1 Å². The van der Waals surface area contributed by atoms with Crippen molar-refractivity contribution in [2.75, 3.05) is 0 Å². The van der Waals surface area contributed by atoms with Crippen LogP contribution in [0.3, 0.4) is 0 Å². The summed E-state index contributed by atoms with van der Waals surface area (Å²) in [5, 5.41) is 0. The maximum Gasteiger partial charge on any atom is 0.286 e. The van der Waals surface area contributed by atoms with Crippen LogP contribution in [0.4, 0.5) is 0 Å². The van der Waals surface area contributed by atoms with Crippen LogP contribution in [-0.4, -0.2) is 16.4 Å². The molecule has 18 heavy (non-hydrogen) atoms. The lowest BCUT2D eigenvalue weighted by atomic mass is 10.4. The Hall–Kier alpha value is -1.82. The summed E-state index contributed by atoms with van der Waals surface area (Å²) in [6.45, 7) is 1.84. The first-order valence-corrected chi connectivity index (χ1v) is 6.05. The maximum atomic E-state index is 11.7. The second-order valence-corrected chi connectivity index (χ2v) is 4.40. The molecule has 5 nitrogen and oxygen atoms in total. The SMILES string of the molecule is C/C=C/C=C/C(=O)NNC(=O)c1cc(Br)cn1C. The Labute approximate surface area is 114 Å². The Morgan fingerprint density at radius 2 is 2.06 bits per heavy atom. The second-order valence-electron chi connectivity index (χ2n) is 3.48. The average Bonchev–Trinajstić information content (AvgIpc) is 2.66. The van der Waals surface area contributed by atoms with Gasteiger partial charge in [0.1, 0.15) is 5.69 Å². The number of carbonyl (C=O) groups is 2. The van der Waals surface area contributed by atoms with E-state index in [0.717, 1.165) is 4.47 Å². The van der Waals surface area contributed by atoms with E-state index in [-0.39, 0.29) is 5.91 Å². The Bertz CT molecular complexity index is 503. The molecule has 0 aliphatic heterocycles. The van der Waals surface area contributed by atoms with Gasteiger partial charge in [-0.25, -0.2) is 0 Å². The van der Waals surface area contributed by atoms with E-state index in [1.807, 2.05) is 6.92 Å². The Morgan fingerprint density at radius 3 is 2.61 bits per heavy atom. The summed E-state index contributed by atoms with van der Waals surface area (Å²) in [7, 11) is 1.74. The van der Waals surface area contributed by atoms with Gasteiger partial charge in [0.15, 0.2) is 0 Å². The standard InChI is InChI=1S/C12H14BrN3O2/c1-3-4-5-6-11(17)14-15-12(18)10-7-9(13)8-16(10)2/h3-8H,1-2H3,(H,14,17)(H,15,18)/b4-3+,6-5+. The number of hydrogen-bond acceptors (Lipinski definition) is 2. The third-order valence-electron chi connectivity index (χ3n) is 2.05. The molecule has 0 aliphatic rings. The van der Waals surface area contributed by atoms with Gasteiger partial charge in [0.2, 0.25) is 0 Å². The van der Waals surface area contributed by atoms with Crippen LogP contribution in [0.25, 0.3) is 0 Å². The first kappa shape index (κ1) is 14.2. The molecule has 0 radical (unpaired) electrons. The molecule has 1 heterocycles. The van der Waals surface area contributed by atoms with Crippen LogP contribution >= 0.6 is 15.9 Å². The van der Waals surface area contributed by atoms with Crippen LogP contribution in [0.5, 0.6) is 0 Å². The molecule has 6 heteroatoms. The molecule has 0 unspecified atom stereocenters. The molecule has 1 aromatic heterocycles. The van der Waals surface area contributed by atoms with Crippen LogP contribution in [0.15, 0.2) is 41.0 Å². The minimum Gasteiger partial charge on any atom is -0.345 e. The summed E-state index contributed by atoms with van der Waals surface area (Å²) >= 11 is 3.27. The largest absolute Gasteiger partial charge is 0.345 e. The zero-order valence-electron chi connectivity index (χ0n) is 10.1. The van der Waals surface area contributed by atoms with Gasteiger partial charge in [-0.05, 0) is 28.9 Å². The number of aryl methyl sites for hydroxylation is 1. The molecule has 1 aromatic rings. The lowest BCUT2D eigenvalue weighted by Crippen LogP contribution is -2.41. The Morgan fingerprint density at radius 1 is 1.33 bits per heavy atom. The highest BCUT2D eigenvalue weighted by molar-refractivity contribution is 9.10. The van der Waals surface area contributed by atoms with E-state index in [1.54, 1.807) is 42.1 Å². The zero-order valence-corrected chi connectivity index (χ0v) is 11.7. The van der Waals surface area contributed by atoms with Gasteiger partial charge in [0, 0.05) is 23.8 Å². The molecule has 96 valence electrons. The summed E-state index contributed by atoms with van der Waals surface area (Å²) < 4.78 is 2.45. The van der Waals surface area contributed by atoms with E-state index in [2.05, 4.69) is 26.8 Å². The van der Waals surface area contributed by atoms with Gasteiger partial charge in [-0.3, -0.25) is 20.4 Å². The van der Waals surface area contributed by atoms with Gasteiger partial charge in [-0.2, -0.15) is 0 Å². The average molecular weight is 312 g/mol. The number of rotatable bonds is 3. The predicted octanol–water partition coefficient (Wildman–Crippen LogP) is 1.68. The van der Waals surface area contributed by atoms with Gasteiger partial charge < -0.3 is 4.57 Å². The summed E-state index contributed by atoms with van der Waals surface area (Å²) in [4.78, 5) is 23.0. The monoisotopic (exact) mass is 311 g/mol. The number of carbonyl (C=O) groups excluding carboxylic acids is 2. The number of aromatic nitrogens is 1. The van der Waals surface area contributed by atoms with Crippen LogP contribution in [0.2, 0.25) is 0 Å². The van der Waals surface area contributed by atoms with Crippen molar-refractivity contribution in [2.24, 2.45) is 7.05 Å². The van der Waals surface area contributed by atoms with Gasteiger partial charge in [-0.1, -0.05) is 18.2 Å². The number of allylic oxidation sites excluding steroid dienone is 3. The molecule has 0 spiro atoms. The van der Waals surface area contributed by atoms with Crippen molar-refractivity contribution in [1.29, 1.82) is 0 Å². The van der Waals surface area contributed by atoms with E-state index in [1.165, 1.54) is 6.08 Å². The van der Waals surface area contributed by atoms with E-state index >= 15 is 0 Å². The number of hydrogen-bond donors (Lipinski definition) is 2. The first-order valence-electron chi connectivity index (χ1n) is 5.26. The van der Waals surface area contributed by atoms with Gasteiger partial charge >= 0.3 is 0 Å². The maximum absolute atomic E-state index is 11.7. The second kappa shape index (κ2) is 6.80. The van der Waals surface area contributed by atoms with Crippen molar-refractivity contribution >= 4 is 27.7 Å². The third kappa shape index (κ3) is 4.21. The lowest BCUT2D eigenvalue weighted by molar-refractivity contribution is -0.117. The fourth-order valence-corrected chi connectivity index (χ4v) is 1.75. The molecule has 0 bridgehead atoms. The summed E-state index contributed by atoms with van der Waals surface area (Å²) in [5.74, 6) is -0.772. The van der Waals surface area contributed by atoms with E-state index < -0.39 is 5.91 Å². The smallest absolute Gasteiger partial charge is 0.286 e. The molecule has 0 saturated heterocycles. The highest BCUT2D eigenvalue weighted by Crippen LogP contribution is 2.13. The highest BCUT2D eigenvalue weighted by atomic mass is 79.9. The number of nitrogens with zero attached hydrogens (tertiary/aromatic N) is 1. The van der Waals surface area contributed by atoms with Crippen LogP contribution in [0, 0.1) is 0 Å². The summed E-state index contributed by atoms with van der Waals surface area (Å²) in [5.41, 5.74) is 5.06. The van der Waals surface area contributed by atoms with Crippen molar-refractivity contribution in [3.8, 4) is 0 Å². The van der Waals surface area contributed by atoms with Crippen molar-refractivity contribution in [3.63, 3.8) is 0 Å². The van der Waals surface area contributed by atoms with Crippen LogP contribution in [0.1, 0.15) is 17.4 Å². The van der Waals surface area contributed by atoms with E-state index in [4.69, 9.17) is 0 Å². The van der Waals surface area contributed by atoms with Crippen molar-refractivity contribution in [1.82, 2.24) is 15.4 Å². The first-order chi connectivity index (χ1) is 8.54. The minimum atomic E-state index is -0.394. The van der Waals surface area contributed by atoms with Crippen molar-refractivity contribution in [3.05, 3.63) is 46.7 Å². The molecule has 0 aromatic carbocycles. The molecule has 0 saturated carbocycles. The summed E-state index contributed by atoms with van der Waals surface area (Å²) in [6, 6.07) is 1.66. The number of nitrogens with one attached hydrogen (secondary N) is 2. The van der Waals surface area contributed by atoms with Gasteiger partial charge in [0.05, 0.1) is 0 Å². The fourth-order valence-electron chi connectivity index (χ4n) is 1.23. The quantitative estimate of drug-likeness (QED) is 0.507. The highest BCUT2D eigenvalue weighted by Gasteiger charge is 2.10. The molecule has 2 amide bonds. The predicted molar refractivity (Wildman–Crippen MR) is 72.7 cm³/mol. The van der Waals surface area contributed by atoms with Crippen molar-refractivity contribution < 1.29 is 9.59 Å². The van der Waals surface area contributed by atoms with Crippen molar-refractivity contribution in [2.45, 2.75) is 6.92 Å². The van der Waals surface area contributed by atoms with Gasteiger partial charge in [-0.15, -0.1) is 0 Å². The van der Waals surface area contributed by atoms with Gasteiger partial charge in [0.25, 0.3) is 11.8 Å². The molecular weight excluding hydrogens is 298 g/mol. The lowest BCUT2D eigenvalue weighted by Gasteiger charge is -2.05. The molecule has 0 fully saturated rings. The molecular formula is C12H14BrN3O2. The van der Waals surface area contributed by atoms with E-state index in [9.17, 15) is 9.59 Å². The molecule has 2 N–H and O–H groups in total. The van der Waals surface area contributed by atoms with Crippen LogP contribution in [-0.2, 0) is 11.8 Å². The Kier molecular flexibility index (Phi) is 5.38. The fraction of sp³-hybridized carbons (Fsp3) is 0.167. The Balaban J connectivity index is 2.51. The molecule has 0 atom stereocenters. The third-order valence-corrected chi connectivity index (χ3v) is 2.49. The number of halogens is 1. The molecule has 1 rings (SSSR count).